The summed E-state index contributed by atoms with van der Waals surface area (Å²) in [7, 11) is 1.55. The number of anilines is 1. The van der Waals surface area contributed by atoms with Crippen molar-refractivity contribution in [2.75, 3.05) is 51.3 Å². The second-order valence-corrected chi connectivity index (χ2v) is 17.7. The van der Waals surface area contributed by atoms with Crippen molar-refractivity contribution in [2.45, 2.75) is 65.3 Å². The van der Waals surface area contributed by atoms with Crippen LogP contribution in [0.4, 0.5) is 5.69 Å². The zero-order valence-electron chi connectivity index (χ0n) is 35.5. The molecule has 61 heavy (non-hydrogen) atoms. The van der Waals surface area contributed by atoms with Crippen LogP contribution in [0, 0.1) is 12.3 Å². The Bertz CT molecular complexity index is 2340. The molecule has 5 aromatic rings. The van der Waals surface area contributed by atoms with Gasteiger partial charge in [-0.05, 0) is 66.3 Å². The predicted octanol–water partition coefficient (Wildman–Crippen LogP) is 5.45. The summed E-state index contributed by atoms with van der Waals surface area (Å²) in [6.07, 6.45) is -0.749. The zero-order valence-corrected chi connectivity index (χ0v) is 36.3. The summed E-state index contributed by atoms with van der Waals surface area (Å²) < 4.78 is 5.52. The first-order valence-corrected chi connectivity index (χ1v) is 21.4. The van der Waals surface area contributed by atoms with Gasteiger partial charge in [0.2, 0.25) is 23.6 Å². The Morgan fingerprint density at radius 1 is 0.918 bits per heavy atom. The normalized spacial score (nSPS) is 18.1. The van der Waals surface area contributed by atoms with Crippen molar-refractivity contribution in [1.82, 2.24) is 35.6 Å². The van der Waals surface area contributed by atoms with E-state index in [4.69, 9.17) is 4.74 Å². The SMILES string of the molecule is COc1nnc(-c2ccccc2O)cc1-c1ccc(N2CCN(CC(=O)NC(C(=O)N3C[C@H](O)C[C@H]3C(=O)NC(C)c3ccc(-c4scnc4C)cc3)C(C)(C)C)CC2)cc1. The fourth-order valence-corrected chi connectivity index (χ4v) is 8.81. The number of likely N-dealkylation sites (tertiary alicyclic amines) is 1. The van der Waals surface area contributed by atoms with Gasteiger partial charge in [-0.2, -0.15) is 0 Å². The number of carbonyl (C=O) groups is 3. The molecule has 3 amide bonds. The quantitative estimate of drug-likeness (QED) is 0.126. The molecule has 0 radical (unpaired) electrons. The minimum atomic E-state index is -0.913. The first kappa shape index (κ1) is 43.2. The molecule has 2 aliphatic rings. The van der Waals surface area contributed by atoms with Crippen LogP contribution in [0.3, 0.4) is 0 Å². The fourth-order valence-electron chi connectivity index (χ4n) is 8.00. The molecule has 4 atom stereocenters. The van der Waals surface area contributed by atoms with Crippen molar-refractivity contribution in [2.24, 2.45) is 5.41 Å². The molecule has 2 aliphatic heterocycles. The number of phenols is 1. The number of thiazole rings is 1. The van der Waals surface area contributed by atoms with Gasteiger partial charge in [0.05, 0.1) is 47.6 Å². The van der Waals surface area contributed by atoms with E-state index in [0.717, 1.165) is 38.5 Å². The van der Waals surface area contributed by atoms with E-state index in [1.165, 1.54) is 4.90 Å². The molecule has 3 aromatic carbocycles. The fraction of sp³-hybridized carbons (Fsp3) is 0.391. The largest absolute Gasteiger partial charge is 0.507 e. The Balaban J connectivity index is 0.937. The molecule has 14 nitrogen and oxygen atoms in total. The third-order valence-corrected chi connectivity index (χ3v) is 12.5. The highest BCUT2D eigenvalue weighted by molar-refractivity contribution is 7.13. The lowest BCUT2D eigenvalue weighted by atomic mass is 9.85. The molecule has 0 saturated carbocycles. The van der Waals surface area contributed by atoms with Crippen molar-refractivity contribution < 1.29 is 29.3 Å². The second-order valence-electron chi connectivity index (χ2n) is 16.9. The number of aliphatic hydroxyl groups is 1. The molecule has 2 saturated heterocycles. The molecular formula is C46H54N8O6S. The molecule has 2 unspecified atom stereocenters. The number of aromatic nitrogens is 3. The van der Waals surface area contributed by atoms with Gasteiger partial charge < -0.3 is 35.4 Å². The molecule has 15 heteroatoms. The summed E-state index contributed by atoms with van der Waals surface area (Å²) in [6.45, 7) is 12.3. The number of carbonyl (C=O) groups excluding carboxylic acids is 3. The van der Waals surface area contributed by atoms with E-state index >= 15 is 0 Å². The number of hydrogen-bond acceptors (Lipinski definition) is 12. The first-order chi connectivity index (χ1) is 29.2. The highest BCUT2D eigenvalue weighted by Gasteiger charge is 2.45. The van der Waals surface area contributed by atoms with Crippen molar-refractivity contribution in [3.63, 3.8) is 0 Å². The van der Waals surface area contributed by atoms with Gasteiger partial charge in [-0.15, -0.1) is 21.5 Å². The maximum Gasteiger partial charge on any atom is 0.246 e. The number of para-hydroxylation sites is 1. The van der Waals surface area contributed by atoms with E-state index in [0.29, 0.717) is 43.3 Å². The van der Waals surface area contributed by atoms with Crippen LogP contribution in [0.25, 0.3) is 32.8 Å². The molecule has 0 bridgehead atoms. The van der Waals surface area contributed by atoms with Crippen LogP contribution < -0.4 is 20.3 Å². The van der Waals surface area contributed by atoms with E-state index in [9.17, 15) is 24.6 Å². The Morgan fingerprint density at radius 2 is 1.61 bits per heavy atom. The Morgan fingerprint density at radius 3 is 2.25 bits per heavy atom. The second kappa shape index (κ2) is 18.4. The van der Waals surface area contributed by atoms with Gasteiger partial charge in [-0.1, -0.05) is 69.3 Å². The number of β-amino-alcohol motifs (C(OH)–C–C–N with tert-alkyl or cyclic N) is 1. The van der Waals surface area contributed by atoms with Gasteiger partial charge >= 0.3 is 0 Å². The standard InChI is InChI=1S/C46H54N8O6S/c1-28(30-11-13-32(14-12-30)41-29(2)47-27-61-41)48-43(58)38-23-34(55)25-54(38)45(59)42(46(3,4)5)49-40(57)26-52-19-21-53(22-20-52)33-17-15-31(16-18-33)36-24-37(50-51-44(36)60-6)35-9-7-8-10-39(35)56/h7-18,24,27-28,34,38,42,55-56H,19-23,25-26H2,1-6H3,(H,48,58)(H,49,57)/t28?,34-,38+,42?/m1/s1. The van der Waals surface area contributed by atoms with Crippen LogP contribution in [-0.4, -0.2) is 117 Å². The van der Waals surface area contributed by atoms with Crippen molar-refractivity contribution >= 4 is 34.7 Å². The number of aryl methyl sites for hydroxylation is 1. The number of phenolic OH excluding ortho intramolecular Hbond substituents is 1. The zero-order chi connectivity index (χ0) is 43.4. The summed E-state index contributed by atoms with van der Waals surface area (Å²) >= 11 is 1.58. The summed E-state index contributed by atoms with van der Waals surface area (Å²) in [5, 5.41) is 35.6. The summed E-state index contributed by atoms with van der Waals surface area (Å²) in [4.78, 5) is 52.7. The molecule has 2 aromatic heterocycles. The number of amides is 3. The molecule has 0 spiro atoms. The number of nitrogens with zero attached hydrogens (tertiary/aromatic N) is 6. The average molecular weight is 847 g/mol. The van der Waals surface area contributed by atoms with Gasteiger partial charge in [-0.25, -0.2) is 4.98 Å². The highest BCUT2D eigenvalue weighted by atomic mass is 32.1. The number of piperazine rings is 1. The molecule has 0 aliphatic carbocycles. The number of aliphatic hydroxyl groups excluding tert-OH is 1. The lowest BCUT2D eigenvalue weighted by Gasteiger charge is -2.37. The molecule has 2 fully saturated rings. The number of aromatic hydroxyl groups is 1. The smallest absolute Gasteiger partial charge is 0.246 e. The van der Waals surface area contributed by atoms with Gasteiger partial charge in [0.15, 0.2) is 0 Å². The lowest BCUT2D eigenvalue weighted by Crippen LogP contribution is -2.59. The van der Waals surface area contributed by atoms with Crippen molar-refractivity contribution in [3.8, 4) is 44.5 Å². The Hall–Kier alpha value is -5.90. The van der Waals surface area contributed by atoms with Gasteiger partial charge in [0.1, 0.15) is 17.8 Å². The third-order valence-electron chi connectivity index (χ3n) is 11.5. The minimum Gasteiger partial charge on any atom is -0.507 e. The van der Waals surface area contributed by atoms with Gasteiger partial charge in [-0.3, -0.25) is 19.3 Å². The molecule has 4 heterocycles. The lowest BCUT2D eigenvalue weighted by molar-refractivity contribution is -0.144. The van der Waals surface area contributed by atoms with Gasteiger partial charge in [0, 0.05) is 56.0 Å². The van der Waals surface area contributed by atoms with E-state index < -0.39 is 29.5 Å². The van der Waals surface area contributed by atoms with Crippen LogP contribution in [0.15, 0.2) is 84.4 Å². The summed E-state index contributed by atoms with van der Waals surface area (Å²) in [5.74, 6) is -0.521. The topological polar surface area (TPSA) is 173 Å². The molecular weight excluding hydrogens is 793 g/mol. The number of benzene rings is 3. The van der Waals surface area contributed by atoms with Crippen LogP contribution in [0.5, 0.6) is 11.6 Å². The molecule has 320 valence electrons. The van der Waals surface area contributed by atoms with E-state index in [1.54, 1.807) is 36.6 Å². The maximum absolute atomic E-state index is 14.2. The van der Waals surface area contributed by atoms with Crippen molar-refractivity contribution in [1.29, 1.82) is 0 Å². The van der Waals surface area contributed by atoms with E-state index in [2.05, 4.69) is 35.6 Å². The number of nitrogens with one attached hydrogen (secondary N) is 2. The van der Waals surface area contributed by atoms with Gasteiger partial charge in [0.25, 0.3) is 0 Å². The Labute approximate surface area is 360 Å². The monoisotopic (exact) mass is 846 g/mol. The van der Waals surface area contributed by atoms with Crippen LogP contribution >= 0.6 is 11.3 Å². The number of rotatable bonds is 12. The van der Waals surface area contributed by atoms with Crippen LogP contribution in [0.2, 0.25) is 0 Å². The average Bonchev–Trinajstić information content (AvgIpc) is 3.87. The Kier molecular flexibility index (Phi) is 13.0. The summed E-state index contributed by atoms with van der Waals surface area (Å²) in [5.41, 5.74) is 7.88. The number of ether oxygens (including phenoxy) is 1. The number of methoxy groups -OCH3 is 1. The minimum absolute atomic E-state index is 0.00581. The van der Waals surface area contributed by atoms with Crippen LogP contribution in [-0.2, 0) is 14.4 Å². The van der Waals surface area contributed by atoms with E-state index in [-0.39, 0.29) is 43.1 Å². The van der Waals surface area contributed by atoms with Crippen LogP contribution in [0.1, 0.15) is 51.4 Å². The van der Waals surface area contributed by atoms with E-state index in [1.807, 2.05) is 101 Å². The number of hydrogen-bond donors (Lipinski definition) is 4. The highest BCUT2D eigenvalue weighted by Crippen LogP contribution is 2.35. The molecule has 7 rings (SSSR count). The first-order valence-electron chi connectivity index (χ1n) is 20.6. The maximum atomic E-state index is 14.2. The molecule has 4 N–H and O–H groups in total. The third kappa shape index (κ3) is 9.85. The predicted molar refractivity (Wildman–Crippen MR) is 236 cm³/mol. The van der Waals surface area contributed by atoms with Crippen molar-refractivity contribution in [3.05, 3.63) is 95.6 Å². The summed E-state index contributed by atoms with van der Waals surface area (Å²) in [6, 6.07) is 22.8.